The van der Waals surface area contributed by atoms with Crippen molar-refractivity contribution in [2.45, 2.75) is 65.2 Å². The Morgan fingerprint density at radius 1 is 1.13 bits per heavy atom. The molecule has 2 fully saturated rings. The lowest BCUT2D eigenvalue weighted by Crippen LogP contribution is -2.36. The Labute approximate surface area is 93.6 Å². The summed E-state index contributed by atoms with van der Waals surface area (Å²) in [6, 6.07) is 0. The summed E-state index contributed by atoms with van der Waals surface area (Å²) in [6.07, 6.45) is 9.60. The molecule has 0 heterocycles. The Morgan fingerprint density at radius 2 is 1.87 bits per heavy atom. The molecule has 0 aromatic heterocycles. The number of hydrogen-bond acceptors (Lipinski definition) is 1. The monoisotopic (exact) mass is 208 g/mol. The fourth-order valence-corrected chi connectivity index (χ4v) is 3.83. The molecule has 1 nitrogen and oxygen atoms in total. The zero-order valence-electron chi connectivity index (χ0n) is 10.2. The number of carbonyl (C=O) groups excluding carboxylic acids is 1. The second-order valence-electron chi connectivity index (χ2n) is 5.94. The lowest BCUT2D eigenvalue weighted by atomic mass is 9.61. The van der Waals surface area contributed by atoms with Gasteiger partial charge in [-0.05, 0) is 36.5 Å². The van der Waals surface area contributed by atoms with Gasteiger partial charge in [-0.3, -0.25) is 4.79 Å². The maximum Gasteiger partial charge on any atom is 0.133 e. The largest absolute Gasteiger partial charge is 0.300 e. The second-order valence-corrected chi connectivity index (χ2v) is 5.94. The van der Waals surface area contributed by atoms with Gasteiger partial charge in [-0.1, -0.05) is 33.1 Å². The highest BCUT2D eigenvalue weighted by Crippen LogP contribution is 2.50. The summed E-state index contributed by atoms with van der Waals surface area (Å²) in [7, 11) is 0. The van der Waals surface area contributed by atoms with E-state index >= 15 is 0 Å². The number of carbonyl (C=O) groups is 1. The summed E-state index contributed by atoms with van der Waals surface area (Å²) in [5.74, 6) is 2.10. The van der Waals surface area contributed by atoms with Crippen molar-refractivity contribution >= 4 is 5.78 Å². The van der Waals surface area contributed by atoms with E-state index in [4.69, 9.17) is 0 Å². The molecule has 0 radical (unpaired) electrons. The van der Waals surface area contributed by atoms with Gasteiger partial charge in [0.05, 0.1) is 0 Å². The molecule has 3 atom stereocenters. The van der Waals surface area contributed by atoms with E-state index in [-0.39, 0.29) is 0 Å². The van der Waals surface area contributed by atoms with Crippen LogP contribution in [0.2, 0.25) is 0 Å². The molecule has 2 aliphatic rings. The van der Waals surface area contributed by atoms with E-state index in [0.29, 0.717) is 11.2 Å². The molecule has 1 spiro atoms. The van der Waals surface area contributed by atoms with Gasteiger partial charge < -0.3 is 0 Å². The second kappa shape index (κ2) is 4.27. The first-order valence-corrected chi connectivity index (χ1v) is 6.66. The summed E-state index contributed by atoms with van der Waals surface area (Å²) in [5.41, 5.74) is 0.394. The highest BCUT2D eigenvalue weighted by molar-refractivity contribution is 5.79. The molecule has 86 valence electrons. The van der Waals surface area contributed by atoms with Crippen LogP contribution in [0.1, 0.15) is 65.2 Å². The first-order chi connectivity index (χ1) is 7.14. The van der Waals surface area contributed by atoms with E-state index in [1.807, 2.05) is 0 Å². The van der Waals surface area contributed by atoms with Crippen molar-refractivity contribution in [1.82, 2.24) is 0 Å². The average Bonchev–Trinajstić information content (AvgIpc) is 2.33. The Hall–Kier alpha value is -0.330. The summed E-state index contributed by atoms with van der Waals surface area (Å²) < 4.78 is 0. The molecule has 2 rings (SSSR count). The van der Waals surface area contributed by atoms with E-state index in [1.165, 1.54) is 32.1 Å². The summed E-state index contributed by atoms with van der Waals surface area (Å²) in [4.78, 5) is 11.7. The van der Waals surface area contributed by atoms with Gasteiger partial charge in [0.1, 0.15) is 5.78 Å². The number of ketones is 1. The van der Waals surface area contributed by atoms with Gasteiger partial charge in [-0.25, -0.2) is 0 Å². The van der Waals surface area contributed by atoms with Crippen LogP contribution >= 0.6 is 0 Å². The zero-order valence-corrected chi connectivity index (χ0v) is 10.2. The van der Waals surface area contributed by atoms with Crippen LogP contribution in [0.5, 0.6) is 0 Å². The van der Waals surface area contributed by atoms with Crippen LogP contribution in [0.3, 0.4) is 0 Å². The first-order valence-electron chi connectivity index (χ1n) is 6.66. The molecule has 0 N–H and O–H groups in total. The predicted molar refractivity (Wildman–Crippen MR) is 62.7 cm³/mol. The highest BCUT2D eigenvalue weighted by Gasteiger charge is 2.42. The third-order valence-electron chi connectivity index (χ3n) is 5.08. The van der Waals surface area contributed by atoms with Crippen molar-refractivity contribution in [3.63, 3.8) is 0 Å². The molecule has 15 heavy (non-hydrogen) atoms. The van der Waals surface area contributed by atoms with Gasteiger partial charge in [0.15, 0.2) is 0 Å². The fourth-order valence-electron chi connectivity index (χ4n) is 3.83. The van der Waals surface area contributed by atoms with Crippen molar-refractivity contribution in [1.29, 1.82) is 0 Å². The van der Waals surface area contributed by atoms with Gasteiger partial charge in [0.2, 0.25) is 0 Å². The lowest BCUT2D eigenvalue weighted by molar-refractivity contribution is -0.125. The van der Waals surface area contributed by atoms with Crippen molar-refractivity contribution in [2.24, 2.45) is 17.3 Å². The quantitative estimate of drug-likeness (QED) is 0.589. The lowest BCUT2D eigenvalue weighted by Gasteiger charge is -2.43. The minimum Gasteiger partial charge on any atom is -0.300 e. The van der Waals surface area contributed by atoms with E-state index in [2.05, 4.69) is 13.8 Å². The van der Waals surface area contributed by atoms with Crippen LogP contribution in [0.4, 0.5) is 0 Å². The van der Waals surface area contributed by atoms with Gasteiger partial charge >= 0.3 is 0 Å². The number of hydrogen-bond donors (Lipinski definition) is 0. The van der Waals surface area contributed by atoms with Crippen molar-refractivity contribution in [2.75, 3.05) is 0 Å². The van der Waals surface area contributed by atoms with Crippen LogP contribution in [0.25, 0.3) is 0 Å². The fraction of sp³-hybridized carbons (Fsp3) is 0.929. The topological polar surface area (TPSA) is 17.1 Å². The summed E-state index contributed by atoms with van der Waals surface area (Å²) >= 11 is 0. The molecule has 0 bridgehead atoms. The van der Waals surface area contributed by atoms with Crippen LogP contribution in [0, 0.1) is 17.3 Å². The Bertz CT molecular complexity index is 246. The molecule has 0 aliphatic heterocycles. The standard InChI is InChI=1S/C14H24O/c1-11-6-3-4-8-14(12(11)2)9-5-7-13(15)10-14/h11-12H,3-10H2,1-2H3. The normalized spacial score (nSPS) is 42.9. The highest BCUT2D eigenvalue weighted by atomic mass is 16.1. The molecule has 1 heteroatoms. The maximum absolute atomic E-state index is 11.7. The molecular formula is C14H24O. The maximum atomic E-state index is 11.7. The number of rotatable bonds is 0. The minimum atomic E-state index is 0.394. The van der Waals surface area contributed by atoms with Gasteiger partial charge in [0, 0.05) is 12.8 Å². The molecule has 0 aromatic carbocycles. The van der Waals surface area contributed by atoms with E-state index in [0.717, 1.165) is 31.1 Å². The minimum absolute atomic E-state index is 0.394. The molecule has 3 unspecified atom stereocenters. The van der Waals surface area contributed by atoms with E-state index < -0.39 is 0 Å². The van der Waals surface area contributed by atoms with Crippen molar-refractivity contribution in [3.8, 4) is 0 Å². The third kappa shape index (κ3) is 2.11. The average molecular weight is 208 g/mol. The van der Waals surface area contributed by atoms with Crippen LogP contribution < -0.4 is 0 Å². The smallest absolute Gasteiger partial charge is 0.133 e. The Morgan fingerprint density at radius 3 is 2.60 bits per heavy atom. The SMILES string of the molecule is CC1CCCCC2(CCCC(=O)C2)C1C. The summed E-state index contributed by atoms with van der Waals surface area (Å²) in [5, 5.41) is 0. The molecular weight excluding hydrogens is 184 g/mol. The van der Waals surface area contributed by atoms with Crippen LogP contribution in [-0.2, 0) is 4.79 Å². The Kier molecular flexibility index (Phi) is 3.18. The van der Waals surface area contributed by atoms with Crippen molar-refractivity contribution < 1.29 is 4.79 Å². The molecule has 0 amide bonds. The Balaban J connectivity index is 2.18. The van der Waals surface area contributed by atoms with Gasteiger partial charge in [-0.15, -0.1) is 0 Å². The van der Waals surface area contributed by atoms with Crippen molar-refractivity contribution in [3.05, 3.63) is 0 Å². The van der Waals surface area contributed by atoms with E-state index in [9.17, 15) is 4.79 Å². The third-order valence-corrected chi connectivity index (χ3v) is 5.08. The van der Waals surface area contributed by atoms with Gasteiger partial charge in [0.25, 0.3) is 0 Å². The zero-order chi connectivity index (χ0) is 10.9. The number of Topliss-reactive ketones (excluding diaryl/α,β-unsaturated/α-hetero) is 1. The molecule has 0 saturated heterocycles. The summed E-state index contributed by atoms with van der Waals surface area (Å²) in [6.45, 7) is 4.78. The van der Waals surface area contributed by atoms with Crippen LogP contribution in [-0.4, -0.2) is 5.78 Å². The predicted octanol–water partition coefficient (Wildman–Crippen LogP) is 3.96. The molecule has 2 aliphatic carbocycles. The van der Waals surface area contributed by atoms with Gasteiger partial charge in [-0.2, -0.15) is 0 Å². The van der Waals surface area contributed by atoms with E-state index in [1.54, 1.807) is 0 Å². The first kappa shape index (κ1) is 11.2. The molecule has 2 saturated carbocycles. The molecule has 0 aromatic rings. The van der Waals surface area contributed by atoms with Crippen LogP contribution in [0.15, 0.2) is 0 Å².